The van der Waals surface area contributed by atoms with E-state index < -0.39 is 0 Å². The van der Waals surface area contributed by atoms with Crippen molar-refractivity contribution in [2.24, 2.45) is 0 Å². The minimum Gasteiger partial charge on any atom is -0.508 e. The summed E-state index contributed by atoms with van der Waals surface area (Å²) in [4.78, 5) is 25.2. The number of hydrogen-bond acceptors (Lipinski definition) is 7. The van der Waals surface area contributed by atoms with E-state index in [1.54, 1.807) is 24.3 Å². The highest BCUT2D eigenvalue weighted by Gasteiger charge is 1.99. The summed E-state index contributed by atoms with van der Waals surface area (Å²) in [5, 5.41) is 17.2. The number of aldehydes is 2. The van der Waals surface area contributed by atoms with Gasteiger partial charge in [0, 0.05) is 30.8 Å². The number of carbonyl (C=O) groups is 2. The second-order valence-electron chi connectivity index (χ2n) is 7.73. The Morgan fingerprint density at radius 3 is 1.54 bits per heavy atom. The molecule has 0 spiro atoms. The van der Waals surface area contributed by atoms with Gasteiger partial charge in [-0.1, -0.05) is 27.7 Å². The normalized spacial score (nSPS) is 10.1. The van der Waals surface area contributed by atoms with Gasteiger partial charge in [0.1, 0.15) is 24.1 Å². The van der Waals surface area contributed by atoms with Crippen molar-refractivity contribution in [3.05, 3.63) is 59.7 Å². The SMILES string of the molecule is CCN(CC)CCCO.CCN(CC)CCCOc1ccc(C=O)cc1.O=Cc1ccc(O)cc1. The average Bonchev–Trinajstić information content (AvgIpc) is 2.91. The van der Waals surface area contributed by atoms with Gasteiger partial charge in [0.25, 0.3) is 0 Å². The molecule has 7 nitrogen and oxygen atoms in total. The van der Waals surface area contributed by atoms with Crippen molar-refractivity contribution in [1.29, 1.82) is 0 Å². The summed E-state index contributed by atoms with van der Waals surface area (Å²) in [7, 11) is 0. The zero-order chi connectivity index (χ0) is 26.3. The number of aromatic hydroxyl groups is 1. The third-order valence-electron chi connectivity index (χ3n) is 5.35. The van der Waals surface area contributed by atoms with Gasteiger partial charge in [-0.05, 0) is 87.6 Å². The molecule has 0 saturated carbocycles. The summed E-state index contributed by atoms with van der Waals surface area (Å²) < 4.78 is 5.60. The maximum atomic E-state index is 10.5. The van der Waals surface area contributed by atoms with Crippen LogP contribution in [-0.2, 0) is 0 Å². The third kappa shape index (κ3) is 16.5. The molecule has 35 heavy (non-hydrogen) atoms. The lowest BCUT2D eigenvalue weighted by molar-refractivity contribution is 0.111. The van der Waals surface area contributed by atoms with Gasteiger partial charge >= 0.3 is 0 Å². The first-order valence-corrected chi connectivity index (χ1v) is 12.4. The Labute approximate surface area is 211 Å². The molecule has 0 saturated heterocycles. The van der Waals surface area contributed by atoms with E-state index >= 15 is 0 Å². The number of nitrogens with zero attached hydrogens (tertiary/aromatic N) is 2. The molecule has 2 aromatic rings. The van der Waals surface area contributed by atoms with E-state index in [-0.39, 0.29) is 5.75 Å². The fourth-order valence-electron chi connectivity index (χ4n) is 3.05. The van der Waals surface area contributed by atoms with Crippen molar-refractivity contribution < 1.29 is 24.5 Å². The third-order valence-corrected chi connectivity index (χ3v) is 5.35. The smallest absolute Gasteiger partial charge is 0.150 e. The molecule has 7 heteroatoms. The summed E-state index contributed by atoms with van der Waals surface area (Å²) in [6.45, 7) is 16.1. The van der Waals surface area contributed by atoms with Crippen molar-refractivity contribution >= 4 is 12.6 Å². The number of carbonyl (C=O) groups excluding carboxylic acids is 2. The maximum absolute atomic E-state index is 10.5. The fourth-order valence-corrected chi connectivity index (χ4v) is 3.05. The highest BCUT2D eigenvalue weighted by atomic mass is 16.5. The number of hydrogen-bond donors (Lipinski definition) is 2. The topological polar surface area (TPSA) is 90.3 Å². The molecule has 0 aliphatic heterocycles. The number of phenolic OH excluding ortho intramolecular Hbond substituents is 1. The number of rotatable bonds is 14. The lowest BCUT2D eigenvalue weighted by Gasteiger charge is -2.17. The van der Waals surface area contributed by atoms with E-state index in [9.17, 15) is 9.59 Å². The van der Waals surface area contributed by atoms with Crippen molar-refractivity contribution in [3.63, 3.8) is 0 Å². The zero-order valence-electron chi connectivity index (χ0n) is 21.9. The van der Waals surface area contributed by atoms with Crippen molar-refractivity contribution in [2.75, 3.05) is 52.5 Å². The molecule has 0 aromatic heterocycles. The van der Waals surface area contributed by atoms with Gasteiger partial charge in [0.05, 0.1) is 6.61 Å². The van der Waals surface area contributed by atoms with E-state index in [1.165, 1.54) is 12.1 Å². The van der Waals surface area contributed by atoms with Gasteiger partial charge in [-0.2, -0.15) is 0 Å². The molecule has 2 rings (SSSR count). The second kappa shape index (κ2) is 21.8. The molecule has 0 bridgehead atoms. The Morgan fingerprint density at radius 2 is 1.14 bits per heavy atom. The average molecular weight is 489 g/mol. The summed E-state index contributed by atoms with van der Waals surface area (Å²) in [6.07, 6.45) is 3.50. The monoisotopic (exact) mass is 488 g/mol. The van der Waals surface area contributed by atoms with Crippen LogP contribution < -0.4 is 4.74 Å². The maximum Gasteiger partial charge on any atom is 0.150 e. The second-order valence-corrected chi connectivity index (χ2v) is 7.73. The first kappa shape index (κ1) is 32.3. The van der Waals surface area contributed by atoms with Crippen LogP contribution in [-0.4, -0.2) is 85.1 Å². The quantitative estimate of drug-likeness (QED) is 0.298. The molecule has 0 amide bonds. The van der Waals surface area contributed by atoms with Gasteiger partial charge in [0.15, 0.2) is 0 Å². The Bertz CT molecular complexity index is 758. The van der Waals surface area contributed by atoms with Gasteiger partial charge in [0.2, 0.25) is 0 Å². The summed E-state index contributed by atoms with van der Waals surface area (Å²) >= 11 is 0. The van der Waals surface area contributed by atoms with Gasteiger partial charge in [-0.15, -0.1) is 0 Å². The van der Waals surface area contributed by atoms with Crippen LogP contribution in [0.1, 0.15) is 61.3 Å². The zero-order valence-corrected chi connectivity index (χ0v) is 21.9. The first-order chi connectivity index (χ1) is 17.0. The Kier molecular flexibility index (Phi) is 20.1. The van der Waals surface area contributed by atoms with Crippen LogP contribution in [0.15, 0.2) is 48.5 Å². The molecule has 0 aliphatic rings. The van der Waals surface area contributed by atoms with Crippen molar-refractivity contribution in [3.8, 4) is 11.5 Å². The standard InChI is InChI=1S/C14H21NO2.C7H17NO.C7H6O2/c1-3-15(4-2)10-5-11-17-14-8-6-13(12-16)7-9-14;1-3-8(4-2)6-5-7-9;8-5-6-1-3-7(9)4-2-6/h6-9,12H,3-5,10-11H2,1-2H3;9H,3-7H2,1-2H3;1-5,9H. The number of aliphatic hydroxyl groups excluding tert-OH is 1. The van der Waals surface area contributed by atoms with Crippen molar-refractivity contribution in [1.82, 2.24) is 9.80 Å². The van der Waals surface area contributed by atoms with Crippen LogP contribution >= 0.6 is 0 Å². The van der Waals surface area contributed by atoms with Crippen molar-refractivity contribution in [2.45, 2.75) is 40.5 Å². The number of phenols is 1. The molecular weight excluding hydrogens is 444 g/mol. The van der Waals surface area contributed by atoms with Crippen LogP contribution in [0.4, 0.5) is 0 Å². The summed E-state index contributed by atoms with van der Waals surface area (Å²) in [6, 6.07) is 13.3. The molecule has 0 fully saturated rings. The van der Waals surface area contributed by atoms with Crippen LogP contribution in [0.5, 0.6) is 11.5 Å². The van der Waals surface area contributed by atoms with Crippen LogP contribution in [0.2, 0.25) is 0 Å². The molecule has 0 heterocycles. The molecule has 0 aliphatic carbocycles. The van der Waals surface area contributed by atoms with E-state index in [0.717, 1.165) is 77.0 Å². The molecule has 2 aromatic carbocycles. The molecule has 0 atom stereocenters. The minimum atomic E-state index is 0.181. The van der Waals surface area contributed by atoms with Crippen LogP contribution in [0.25, 0.3) is 0 Å². The minimum absolute atomic E-state index is 0.181. The Balaban J connectivity index is 0.000000543. The summed E-state index contributed by atoms with van der Waals surface area (Å²) in [5.74, 6) is 1.01. The Morgan fingerprint density at radius 1 is 0.714 bits per heavy atom. The first-order valence-electron chi connectivity index (χ1n) is 12.4. The van der Waals surface area contributed by atoms with E-state index in [0.29, 0.717) is 17.7 Å². The van der Waals surface area contributed by atoms with E-state index in [4.69, 9.17) is 14.9 Å². The largest absolute Gasteiger partial charge is 0.508 e. The van der Waals surface area contributed by atoms with Gasteiger partial charge < -0.3 is 24.7 Å². The molecular formula is C28H44N2O5. The molecule has 0 unspecified atom stereocenters. The molecule has 0 radical (unpaired) electrons. The predicted octanol–water partition coefficient (Wildman–Crippen LogP) is 4.53. The molecule has 2 N–H and O–H groups in total. The summed E-state index contributed by atoms with van der Waals surface area (Å²) in [5.41, 5.74) is 1.26. The lowest BCUT2D eigenvalue weighted by atomic mass is 10.2. The number of aliphatic hydroxyl groups is 1. The van der Waals surface area contributed by atoms with Gasteiger partial charge in [-0.25, -0.2) is 0 Å². The van der Waals surface area contributed by atoms with Crippen LogP contribution in [0, 0.1) is 0 Å². The Hall–Kier alpha value is -2.74. The number of benzene rings is 2. The predicted molar refractivity (Wildman–Crippen MR) is 143 cm³/mol. The highest BCUT2D eigenvalue weighted by Crippen LogP contribution is 2.11. The fraction of sp³-hybridized carbons (Fsp3) is 0.500. The van der Waals surface area contributed by atoms with Gasteiger partial charge in [-0.3, -0.25) is 9.59 Å². The highest BCUT2D eigenvalue weighted by molar-refractivity contribution is 5.75. The molecule has 196 valence electrons. The van der Waals surface area contributed by atoms with E-state index in [2.05, 4.69) is 37.5 Å². The van der Waals surface area contributed by atoms with E-state index in [1.807, 2.05) is 12.1 Å². The van der Waals surface area contributed by atoms with Crippen LogP contribution in [0.3, 0.4) is 0 Å². The number of ether oxygens (including phenoxy) is 1. The lowest BCUT2D eigenvalue weighted by Crippen LogP contribution is -2.25.